The Morgan fingerprint density at radius 2 is 2.09 bits per heavy atom. The fourth-order valence-corrected chi connectivity index (χ4v) is 2.72. The van der Waals surface area contributed by atoms with Crippen molar-refractivity contribution < 1.29 is 4.79 Å². The summed E-state index contributed by atoms with van der Waals surface area (Å²) in [5, 5.41) is 5.83. The molecule has 2 N–H and O–H groups in total. The maximum atomic E-state index is 11.9. The molecular formula is C17H29N5O. The SMILES string of the molecule is CCN(C)CCNC(=O)NCc1cccnc1N1CCCCC1. The largest absolute Gasteiger partial charge is 0.356 e. The standard InChI is InChI=1S/C17H29N5O/c1-3-21(2)13-10-19-17(23)20-14-15-8-7-9-18-16(15)22-11-5-4-6-12-22/h7-9H,3-6,10-14H2,1-2H3,(H2,19,20,23). The number of rotatable bonds is 7. The van der Waals surface area contributed by atoms with Crippen molar-refractivity contribution in [3.8, 4) is 0 Å². The van der Waals surface area contributed by atoms with Crippen LogP contribution in [0, 0.1) is 0 Å². The van der Waals surface area contributed by atoms with Gasteiger partial charge in [-0.05, 0) is 38.9 Å². The van der Waals surface area contributed by atoms with Crippen LogP contribution in [-0.2, 0) is 6.54 Å². The number of aromatic nitrogens is 1. The zero-order chi connectivity index (χ0) is 16.5. The van der Waals surface area contributed by atoms with Gasteiger partial charge in [-0.1, -0.05) is 13.0 Å². The summed E-state index contributed by atoms with van der Waals surface area (Å²) in [6.07, 6.45) is 5.56. The summed E-state index contributed by atoms with van der Waals surface area (Å²) in [5.41, 5.74) is 1.08. The highest BCUT2D eigenvalue weighted by atomic mass is 16.2. The number of nitrogens with one attached hydrogen (secondary N) is 2. The molecule has 1 aliphatic rings. The van der Waals surface area contributed by atoms with E-state index in [1.54, 1.807) is 0 Å². The van der Waals surface area contributed by atoms with E-state index in [1.807, 2.05) is 25.4 Å². The molecule has 1 saturated heterocycles. The predicted octanol–water partition coefficient (Wildman–Crippen LogP) is 1.82. The number of pyridine rings is 1. The van der Waals surface area contributed by atoms with E-state index in [2.05, 4.69) is 32.3 Å². The molecule has 0 aliphatic carbocycles. The van der Waals surface area contributed by atoms with Gasteiger partial charge in [0.25, 0.3) is 0 Å². The van der Waals surface area contributed by atoms with Gasteiger partial charge in [-0.25, -0.2) is 9.78 Å². The highest BCUT2D eigenvalue weighted by molar-refractivity contribution is 5.74. The molecule has 23 heavy (non-hydrogen) atoms. The Morgan fingerprint density at radius 1 is 1.30 bits per heavy atom. The van der Waals surface area contributed by atoms with Crippen molar-refractivity contribution in [2.45, 2.75) is 32.7 Å². The van der Waals surface area contributed by atoms with Crippen LogP contribution in [-0.4, -0.2) is 55.7 Å². The molecule has 6 nitrogen and oxygen atoms in total. The molecule has 1 aliphatic heterocycles. The number of amides is 2. The summed E-state index contributed by atoms with van der Waals surface area (Å²) < 4.78 is 0. The van der Waals surface area contributed by atoms with Gasteiger partial charge in [0.2, 0.25) is 0 Å². The first-order chi connectivity index (χ1) is 11.2. The van der Waals surface area contributed by atoms with Gasteiger partial charge in [-0.2, -0.15) is 0 Å². The van der Waals surface area contributed by atoms with Crippen LogP contribution >= 0.6 is 0 Å². The Balaban J connectivity index is 1.82. The van der Waals surface area contributed by atoms with Crippen LogP contribution in [0.1, 0.15) is 31.7 Å². The molecule has 2 rings (SSSR count). The number of carbonyl (C=O) groups is 1. The van der Waals surface area contributed by atoms with E-state index in [0.717, 1.165) is 37.6 Å². The summed E-state index contributed by atoms with van der Waals surface area (Å²) in [7, 11) is 2.04. The molecule has 2 amide bonds. The monoisotopic (exact) mass is 319 g/mol. The van der Waals surface area contributed by atoms with E-state index in [9.17, 15) is 4.79 Å². The van der Waals surface area contributed by atoms with Gasteiger partial charge < -0.3 is 20.4 Å². The van der Waals surface area contributed by atoms with Crippen LogP contribution in [0.15, 0.2) is 18.3 Å². The molecule has 128 valence electrons. The quantitative estimate of drug-likeness (QED) is 0.805. The van der Waals surface area contributed by atoms with Crippen LogP contribution in [0.5, 0.6) is 0 Å². The number of anilines is 1. The highest BCUT2D eigenvalue weighted by Gasteiger charge is 2.15. The minimum absolute atomic E-state index is 0.122. The van der Waals surface area contributed by atoms with Gasteiger partial charge in [0.15, 0.2) is 0 Å². The second-order valence-electron chi connectivity index (χ2n) is 6.04. The van der Waals surface area contributed by atoms with E-state index < -0.39 is 0 Å². The summed E-state index contributed by atoms with van der Waals surface area (Å²) in [6, 6.07) is 3.85. The van der Waals surface area contributed by atoms with Gasteiger partial charge in [-0.15, -0.1) is 0 Å². The normalized spacial score (nSPS) is 14.8. The average molecular weight is 319 g/mol. The smallest absolute Gasteiger partial charge is 0.315 e. The fourth-order valence-electron chi connectivity index (χ4n) is 2.72. The average Bonchev–Trinajstić information content (AvgIpc) is 2.60. The topological polar surface area (TPSA) is 60.5 Å². The van der Waals surface area contributed by atoms with E-state index in [4.69, 9.17) is 0 Å². The Kier molecular flexibility index (Phi) is 7.13. The summed E-state index contributed by atoms with van der Waals surface area (Å²) in [4.78, 5) is 20.9. The Hall–Kier alpha value is -1.82. The molecule has 0 unspecified atom stereocenters. The van der Waals surface area contributed by atoms with E-state index in [-0.39, 0.29) is 6.03 Å². The Labute approximate surface area is 139 Å². The van der Waals surface area contributed by atoms with Gasteiger partial charge in [0, 0.05) is 44.5 Å². The molecule has 6 heteroatoms. The molecule has 0 aromatic carbocycles. The molecule has 0 radical (unpaired) electrons. The third-order valence-electron chi connectivity index (χ3n) is 4.28. The first kappa shape index (κ1) is 17.5. The number of likely N-dealkylation sites (N-methyl/N-ethyl adjacent to an activating group) is 1. The maximum Gasteiger partial charge on any atom is 0.315 e. The van der Waals surface area contributed by atoms with Crippen molar-refractivity contribution >= 4 is 11.8 Å². The zero-order valence-electron chi connectivity index (χ0n) is 14.3. The van der Waals surface area contributed by atoms with E-state index in [0.29, 0.717) is 13.1 Å². The number of hydrogen-bond acceptors (Lipinski definition) is 4. The molecule has 0 saturated carbocycles. The van der Waals surface area contributed by atoms with Crippen LogP contribution in [0.3, 0.4) is 0 Å². The minimum atomic E-state index is -0.122. The highest BCUT2D eigenvalue weighted by Crippen LogP contribution is 2.21. The first-order valence-corrected chi connectivity index (χ1v) is 8.59. The third kappa shape index (κ3) is 5.71. The lowest BCUT2D eigenvalue weighted by molar-refractivity contribution is 0.238. The molecular weight excluding hydrogens is 290 g/mol. The molecule has 1 fully saturated rings. The van der Waals surface area contributed by atoms with Crippen molar-refractivity contribution in [3.05, 3.63) is 23.9 Å². The number of urea groups is 1. The lowest BCUT2D eigenvalue weighted by Crippen LogP contribution is -2.39. The molecule has 2 heterocycles. The number of piperidine rings is 1. The number of carbonyl (C=O) groups excluding carboxylic acids is 1. The summed E-state index contributed by atoms with van der Waals surface area (Å²) >= 11 is 0. The predicted molar refractivity (Wildman–Crippen MR) is 93.7 cm³/mol. The number of nitrogens with zero attached hydrogens (tertiary/aromatic N) is 3. The van der Waals surface area contributed by atoms with Gasteiger partial charge in [0.05, 0.1) is 0 Å². The van der Waals surface area contributed by atoms with Gasteiger partial charge >= 0.3 is 6.03 Å². The van der Waals surface area contributed by atoms with Crippen molar-refractivity contribution in [3.63, 3.8) is 0 Å². The molecule has 0 atom stereocenters. The van der Waals surface area contributed by atoms with E-state index >= 15 is 0 Å². The van der Waals surface area contributed by atoms with Crippen LogP contribution < -0.4 is 15.5 Å². The van der Waals surface area contributed by atoms with Crippen molar-refractivity contribution in [2.75, 3.05) is 44.7 Å². The second kappa shape index (κ2) is 9.35. The molecule has 1 aromatic heterocycles. The van der Waals surface area contributed by atoms with Crippen molar-refractivity contribution in [1.29, 1.82) is 0 Å². The number of hydrogen-bond donors (Lipinski definition) is 2. The van der Waals surface area contributed by atoms with E-state index in [1.165, 1.54) is 19.3 Å². The van der Waals surface area contributed by atoms with Gasteiger partial charge in [-0.3, -0.25) is 0 Å². The van der Waals surface area contributed by atoms with Crippen molar-refractivity contribution in [1.82, 2.24) is 20.5 Å². The maximum absolute atomic E-state index is 11.9. The Bertz CT molecular complexity index is 488. The lowest BCUT2D eigenvalue weighted by atomic mass is 10.1. The van der Waals surface area contributed by atoms with Gasteiger partial charge in [0.1, 0.15) is 5.82 Å². The second-order valence-corrected chi connectivity index (χ2v) is 6.04. The summed E-state index contributed by atoms with van der Waals surface area (Å²) in [5.74, 6) is 1.01. The zero-order valence-corrected chi connectivity index (χ0v) is 14.3. The molecule has 0 spiro atoms. The van der Waals surface area contributed by atoms with Crippen molar-refractivity contribution in [2.24, 2.45) is 0 Å². The Morgan fingerprint density at radius 3 is 2.83 bits per heavy atom. The minimum Gasteiger partial charge on any atom is -0.356 e. The van der Waals surface area contributed by atoms with Crippen LogP contribution in [0.2, 0.25) is 0 Å². The molecule has 0 bridgehead atoms. The molecule has 1 aromatic rings. The lowest BCUT2D eigenvalue weighted by Gasteiger charge is -2.29. The first-order valence-electron chi connectivity index (χ1n) is 8.59. The summed E-state index contributed by atoms with van der Waals surface area (Å²) in [6.45, 7) is 7.22. The third-order valence-corrected chi connectivity index (χ3v) is 4.28. The van der Waals surface area contributed by atoms with Crippen LogP contribution in [0.25, 0.3) is 0 Å². The fraction of sp³-hybridized carbons (Fsp3) is 0.647. The van der Waals surface area contributed by atoms with Crippen LogP contribution in [0.4, 0.5) is 10.6 Å².